The number of halogens is 2. The molecule has 0 atom stereocenters. The van der Waals surface area contributed by atoms with Gasteiger partial charge in [0.15, 0.2) is 0 Å². The monoisotopic (exact) mass is 228 g/mol. The first-order valence-electron chi connectivity index (χ1n) is 3.26. The number of rotatable bonds is 1. The minimum absolute atomic E-state index is 0.0602. The molecule has 1 aromatic rings. The maximum Gasteiger partial charge on any atom is 0.143 e. The molecule has 2 nitrogen and oxygen atoms in total. The second-order valence-corrected chi connectivity index (χ2v) is 3.07. The first-order chi connectivity index (χ1) is 5.66. The van der Waals surface area contributed by atoms with Gasteiger partial charge in [-0.05, 0) is 22.0 Å². The zero-order valence-corrected chi connectivity index (χ0v) is 7.73. The second-order valence-electron chi connectivity index (χ2n) is 2.28. The number of nitriles is 1. The van der Waals surface area contributed by atoms with E-state index in [0.717, 1.165) is 0 Å². The smallest absolute Gasteiger partial charge is 0.143 e. The van der Waals surface area contributed by atoms with E-state index in [0.29, 0.717) is 11.3 Å². The predicted molar refractivity (Wildman–Crippen MR) is 47.8 cm³/mol. The van der Waals surface area contributed by atoms with Gasteiger partial charge in [-0.25, -0.2) is 4.39 Å². The minimum atomic E-state index is -0.448. The molecular formula is C8H6BrFN2. The summed E-state index contributed by atoms with van der Waals surface area (Å²) in [6.45, 7) is 0. The van der Waals surface area contributed by atoms with Crippen molar-refractivity contribution < 1.29 is 4.39 Å². The van der Waals surface area contributed by atoms with Crippen molar-refractivity contribution in [3.8, 4) is 6.07 Å². The van der Waals surface area contributed by atoms with Crippen LogP contribution in [0.2, 0.25) is 0 Å². The molecule has 0 aliphatic heterocycles. The molecule has 0 saturated heterocycles. The SMILES string of the molecule is N#CCc1ccc(N)c(Br)c1F. The third-order valence-electron chi connectivity index (χ3n) is 1.46. The van der Waals surface area contributed by atoms with Crippen molar-refractivity contribution in [3.63, 3.8) is 0 Å². The van der Waals surface area contributed by atoms with Gasteiger partial charge in [0, 0.05) is 11.3 Å². The fourth-order valence-electron chi connectivity index (χ4n) is 0.826. The Bertz CT molecular complexity index is 344. The number of hydrogen-bond acceptors (Lipinski definition) is 2. The summed E-state index contributed by atoms with van der Waals surface area (Å²) in [5, 5.41) is 8.34. The lowest BCUT2D eigenvalue weighted by molar-refractivity contribution is 0.609. The number of anilines is 1. The summed E-state index contributed by atoms with van der Waals surface area (Å²) in [5.74, 6) is -0.448. The van der Waals surface area contributed by atoms with Gasteiger partial charge in [0.1, 0.15) is 5.82 Å². The molecule has 1 aromatic carbocycles. The number of nitrogens with zero attached hydrogens (tertiary/aromatic N) is 1. The summed E-state index contributed by atoms with van der Waals surface area (Å²) in [6.07, 6.45) is 0.0602. The Morgan fingerprint density at radius 1 is 1.58 bits per heavy atom. The van der Waals surface area contributed by atoms with E-state index in [1.54, 1.807) is 6.07 Å². The number of nitrogens with two attached hydrogens (primary N) is 1. The molecule has 0 amide bonds. The molecule has 4 heteroatoms. The molecule has 0 fully saturated rings. The Balaban J connectivity index is 3.19. The molecule has 62 valence electrons. The van der Waals surface area contributed by atoms with Gasteiger partial charge >= 0.3 is 0 Å². The van der Waals surface area contributed by atoms with Crippen LogP contribution in [0.5, 0.6) is 0 Å². The van der Waals surface area contributed by atoms with Gasteiger partial charge in [-0.15, -0.1) is 0 Å². The zero-order valence-electron chi connectivity index (χ0n) is 6.14. The topological polar surface area (TPSA) is 49.8 Å². The van der Waals surface area contributed by atoms with Crippen molar-refractivity contribution in [3.05, 3.63) is 28.0 Å². The Labute approximate surface area is 77.9 Å². The van der Waals surface area contributed by atoms with Crippen molar-refractivity contribution in [2.75, 3.05) is 5.73 Å². The standard InChI is InChI=1S/C8H6BrFN2/c9-7-6(12)2-1-5(3-4-11)8(7)10/h1-2H,3,12H2. The highest BCUT2D eigenvalue weighted by Gasteiger charge is 2.08. The van der Waals surface area contributed by atoms with E-state index in [-0.39, 0.29) is 10.9 Å². The average Bonchev–Trinajstić information content (AvgIpc) is 2.07. The number of benzene rings is 1. The summed E-state index contributed by atoms with van der Waals surface area (Å²) in [6, 6.07) is 4.95. The highest BCUT2D eigenvalue weighted by Crippen LogP contribution is 2.25. The van der Waals surface area contributed by atoms with Gasteiger partial charge in [-0.3, -0.25) is 0 Å². The minimum Gasteiger partial charge on any atom is -0.398 e. The van der Waals surface area contributed by atoms with Gasteiger partial charge in [0.2, 0.25) is 0 Å². The van der Waals surface area contributed by atoms with Crippen molar-refractivity contribution in [2.24, 2.45) is 0 Å². The fraction of sp³-hybridized carbons (Fsp3) is 0.125. The Morgan fingerprint density at radius 2 is 2.25 bits per heavy atom. The van der Waals surface area contributed by atoms with E-state index < -0.39 is 5.82 Å². The first-order valence-corrected chi connectivity index (χ1v) is 4.05. The van der Waals surface area contributed by atoms with E-state index in [2.05, 4.69) is 15.9 Å². The van der Waals surface area contributed by atoms with Crippen LogP contribution in [0.3, 0.4) is 0 Å². The van der Waals surface area contributed by atoms with E-state index in [9.17, 15) is 4.39 Å². The van der Waals surface area contributed by atoms with Crippen LogP contribution in [0.15, 0.2) is 16.6 Å². The normalized spacial score (nSPS) is 9.42. The van der Waals surface area contributed by atoms with Gasteiger partial charge in [0.25, 0.3) is 0 Å². The van der Waals surface area contributed by atoms with Gasteiger partial charge in [0.05, 0.1) is 17.0 Å². The van der Waals surface area contributed by atoms with Crippen LogP contribution >= 0.6 is 15.9 Å². The largest absolute Gasteiger partial charge is 0.398 e. The number of hydrogen-bond donors (Lipinski definition) is 1. The molecule has 12 heavy (non-hydrogen) atoms. The van der Waals surface area contributed by atoms with Crippen LogP contribution < -0.4 is 5.73 Å². The fourth-order valence-corrected chi connectivity index (χ4v) is 1.21. The van der Waals surface area contributed by atoms with Crippen LogP contribution in [0.25, 0.3) is 0 Å². The molecule has 1 rings (SSSR count). The zero-order chi connectivity index (χ0) is 9.14. The summed E-state index contributed by atoms with van der Waals surface area (Å²) in [4.78, 5) is 0. The molecule has 0 radical (unpaired) electrons. The summed E-state index contributed by atoms with van der Waals surface area (Å²) in [7, 11) is 0. The lowest BCUT2D eigenvalue weighted by Crippen LogP contribution is -1.94. The maximum atomic E-state index is 13.2. The highest BCUT2D eigenvalue weighted by molar-refractivity contribution is 9.10. The summed E-state index contributed by atoms with van der Waals surface area (Å²) >= 11 is 2.99. The van der Waals surface area contributed by atoms with Crippen molar-refractivity contribution in [2.45, 2.75) is 6.42 Å². The van der Waals surface area contributed by atoms with Crippen molar-refractivity contribution in [1.82, 2.24) is 0 Å². The Hall–Kier alpha value is -1.08. The molecule has 0 unspecified atom stereocenters. The third-order valence-corrected chi connectivity index (χ3v) is 2.27. The van der Waals surface area contributed by atoms with Crippen LogP contribution in [-0.2, 0) is 6.42 Å². The second kappa shape index (κ2) is 3.55. The van der Waals surface area contributed by atoms with Crippen LogP contribution in [0, 0.1) is 17.1 Å². The van der Waals surface area contributed by atoms with Gasteiger partial charge in [-0.1, -0.05) is 6.07 Å². The molecule has 0 aliphatic rings. The molecule has 0 aliphatic carbocycles. The van der Waals surface area contributed by atoms with Gasteiger partial charge < -0.3 is 5.73 Å². The van der Waals surface area contributed by atoms with E-state index in [4.69, 9.17) is 11.0 Å². The Morgan fingerprint density at radius 3 is 2.83 bits per heavy atom. The molecule has 2 N–H and O–H groups in total. The lowest BCUT2D eigenvalue weighted by atomic mass is 10.1. The third kappa shape index (κ3) is 1.56. The molecule has 0 spiro atoms. The van der Waals surface area contributed by atoms with Gasteiger partial charge in [-0.2, -0.15) is 5.26 Å². The highest BCUT2D eigenvalue weighted by atomic mass is 79.9. The number of nitrogen functional groups attached to an aromatic ring is 1. The average molecular weight is 229 g/mol. The summed E-state index contributed by atoms with van der Waals surface area (Å²) in [5.41, 5.74) is 6.12. The molecule has 0 aromatic heterocycles. The lowest BCUT2D eigenvalue weighted by Gasteiger charge is -2.02. The van der Waals surface area contributed by atoms with Crippen LogP contribution in [-0.4, -0.2) is 0 Å². The first kappa shape index (κ1) is 9.01. The van der Waals surface area contributed by atoms with Crippen molar-refractivity contribution >= 4 is 21.6 Å². The molecular weight excluding hydrogens is 223 g/mol. The summed E-state index contributed by atoms with van der Waals surface area (Å²) < 4.78 is 13.4. The molecule has 0 heterocycles. The maximum absolute atomic E-state index is 13.2. The van der Waals surface area contributed by atoms with E-state index in [1.807, 2.05) is 6.07 Å². The predicted octanol–water partition coefficient (Wildman–Crippen LogP) is 2.24. The van der Waals surface area contributed by atoms with E-state index >= 15 is 0 Å². The molecule has 0 bridgehead atoms. The Kier molecular flexibility index (Phi) is 2.66. The quantitative estimate of drug-likeness (QED) is 0.750. The van der Waals surface area contributed by atoms with E-state index in [1.165, 1.54) is 6.07 Å². The van der Waals surface area contributed by atoms with Crippen LogP contribution in [0.4, 0.5) is 10.1 Å². The van der Waals surface area contributed by atoms with Crippen LogP contribution in [0.1, 0.15) is 5.56 Å². The molecule has 0 saturated carbocycles. The van der Waals surface area contributed by atoms with Crippen molar-refractivity contribution in [1.29, 1.82) is 5.26 Å².